The first kappa shape index (κ1) is 23.9. The molecule has 0 aromatic heterocycles. The van der Waals surface area contributed by atoms with Gasteiger partial charge in [-0.3, -0.25) is 4.79 Å². The number of benzene rings is 4. The SMILES string of the molecule is O=C1[C@H](CC[C@H](O)c2cccc(Cl)c2)[C@@H](c2ccc(-c3ccc(O)cc3)c(O)c2)N1c1ccccc1. The number of amides is 1. The van der Waals surface area contributed by atoms with Crippen molar-refractivity contribution in [3.05, 3.63) is 113 Å². The first-order valence-corrected chi connectivity index (χ1v) is 12.2. The average molecular weight is 500 g/mol. The van der Waals surface area contributed by atoms with E-state index in [0.29, 0.717) is 23.4 Å². The number of β-lactam (4-membered cyclic amide) rings is 1. The van der Waals surface area contributed by atoms with Gasteiger partial charge < -0.3 is 20.2 Å². The number of halogens is 1. The van der Waals surface area contributed by atoms with Crippen LogP contribution in [0.15, 0.2) is 97.1 Å². The molecule has 1 saturated heterocycles. The van der Waals surface area contributed by atoms with Crippen LogP contribution in [0.5, 0.6) is 11.5 Å². The van der Waals surface area contributed by atoms with Gasteiger partial charge in [-0.05, 0) is 72.0 Å². The Hall–Kier alpha value is -3.80. The summed E-state index contributed by atoms with van der Waals surface area (Å²) in [6.07, 6.45) is 0.169. The van der Waals surface area contributed by atoms with Crippen LogP contribution in [-0.2, 0) is 4.79 Å². The minimum absolute atomic E-state index is 0.00778. The van der Waals surface area contributed by atoms with Gasteiger partial charge in [-0.1, -0.05) is 66.2 Å². The Morgan fingerprint density at radius 1 is 0.861 bits per heavy atom. The van der Waals surface area contributed by atoms with Crippen molar-refractivity contribution in [1.29, 1.82) is 0 Å². The van der Waals surface area contributed by atoms with Gasteiger partial charge in [0.25, 0.3) is 0 Å². The van der Waals surface area contributed by atoms with Crippen LogP contribution in [0.2, 0.25) is 5.02 Å². The summed E-state index contributed by atoms with van der Waals surface area (Å²) >= 11 is 6.07. The molecule has 0 saturated carbocycles. The molecule has 0 aliphatic carbocycles. The summed E-state index contributed by atoms with van der Waals surface area (Å²) in [5, 5.41) is 31.7. The van der Waals surface area contributed by atoms with E-state index in [1.165, 1.54) is 0 Å². The van der Waals surface area contributed by atoms with Gasteiger partial charge >= 0.3 is 0 Å². The van der Waals surface area contributed by atoms with Crippen molar-refractivity contribution in [2.45, 2.75) is 25.0 Å². The van der Waals surface area contributed by atoms with E-state index in [1.54, 1.807) is 53.4 Å². The van der Waals surface area contributed by atoms with Gasteiger partial charge in [0.15, 0.2) is 0 Å². The van der Waals surface area contributed by atoms with Gasteiger partial charge in [0.2, 0.25) is 5.91 Å². The lowest BCUT2D eigenvalue weighted by atomic mass is 9.78. The van der Waals surface area contributed by atoms with E-state index in [-0.39, 0.29) is 29.4 Å². The van der Waals surface area contributed by atoms with E-state index >= 15 is 0 Å². The number of carbonyl (C=O) groups is 1. The standard InChI is InChI=1S/C30H26ClNO4/c31-22-6-4-5-20(17-22)27(34)16-15-26-29(32(30(26)36)23-7-2-1-3-8-23)21-11-14-25(28(35)18-21)19-9-12-24(33)13-10-19/h1-14,17-18,26-27,29,33-35H,15-16H2/t26-,27+,29-/m1/s1. The van der Waals surface area contributed by atoms with Gasteiger partial charge in [-0.15, -0.1) is 0 Å². The lowest BCUT2D eigenvalue weighted by Crippen LogP contribution is -2.55. The van der Waals surface area contributed by atoms with Gasteiger partial charge in [-0.2, -0.15) is 0 Å². The molecule has 3 N–H and O–H groups in total. The Bertz CT molecular complexity index is 1370. The number of hydrogen-bond acceptors (Lipinski definition) is 4. The van der Waals surface area contributed by atoms with Crippen LogP contribution in [-0.4, -0.2) is 21.2 Å². The number of rotatable bonds is 7. The van der Waals surface area contributed by atoms with Crippen molar-refractivity contribution in [3.63, 3.8) is 0 Å². The number of para-hydroxylation sites is 1. The second kappa shape index (κ2) is 10.1. The van der Waals surface area contributed by atoms with Crippen LogP contribution < -0.4 is 4.90 Å². The van der Waals surface area contributed by atoms with Gasteiger partial charge in [0.1, 0.15) is 11.5 Å². The third-order valence-electron chi connectivity index (χ3n) is 6.77. The zero-order valence-electron chi connectivity index (χ0n) is 19.5. The number of hydrogen-bond donors (Lipinski definition) is 3. The molecule has 1 fully saturated rings. The highest BCUT2D eigenvalue weighted by Gasteiger charge is 2.48. The summed E-state index contributed by atoms with van der Waals surface area (Å²) < 4.78 is 0. The van der Waals surface area contributed by atoms with Crippen LogP contribution in [0.3, 0.4) is 0 Å². The van der Waals surface area contributed by atoms with Gasteiger partial charge in [0.05, 0.1) is 18.1 Å². The number of aliphatic hydroxyl groups is 1. The number of carbonyl (C=O) groups excluding carboxylic acids is 1. The largest absolute Gasteiger partial charge is 0.508 e. The summed E-state index contributed by atoms with van der Waals surface area (Å²) in [6, 6.07) is 28.4. The monoisotopic (exact) mass is 499 g/mol. The average Bonchev–Trinajstić information content (AvgIpc) is 2.88. The lowest BCUT2D eigenvalue weighted by Gasteiger charge is -2.48. The summed E-state index contributed by atoms with van der Waals surface area (Å²) in [7, 11) is 0. The maximum Gasteiger partial charge on any atom is 0.233 e. The number of nitrogens with zero attached hydrogens (tertiary/aromatic N) is 1. The summed E-state index contributed by atoms with van der Waals surface area (Å²) in [6.45, 7) is 0. The van der Waals surface area contributed by atoms with Crippen LogP contribution >= 0.6 is 11.6 Å². The third-order valence-corrected chi connectivity index (χ3v) is 7.01. The van der Waals surface area contributed by atoms with Crippen LogP contribution in [0.4, 0.5) is 5.69 Å². The number of aromatic hydroxyl groups is 2. The Kier molecular flexibility index (Phi) is 6.68. The highest BCUT2D eigenvalue weighted by Crippen LogP contribution is 2.47. The fraction of sp³-hybridized carbons (Fsp3) is 0.167. The van der Waals surface area contributed by atoms with Crippen molar-refractivity contribution in [1.82, 2.24) is 0 Å². The number of phenols is 2. The molecule has 1 aliphatic heterocycles. The molecule has 4 aromatic carbocycles. The van der Waals surface area contributed by atoms with E-state index in [9.17, 15) is 20.1 Å². The lowest BCUT2D eigenvalue weighted by molar-refractivity contribution is -0.131. The van der Waals surface area contributed by atoms with Crippen molar-refractivity contribution in [2.24, 2.45) is 5.92 Å². The molecule has 4 aromatic rings. The first-order chi connectivity index (χ1) is 17.4. The Morgan fingerprint density at radius 3 is 2.31 bits per heavy atom. The predicted octanol–water partition coefficient (Wildman–Crippen LogP) is 6.64. The molecular weight excluding hydrogens is 474 g/mol. The van der Waals surface area contributed by atoms with Crippen molar-refractivity contribution in [3.8, 4) is 22.6 Å². The zero-order chi connectivity index (χ0) is 25.2. The molecule has 1 aliphatic rings. The molecule has 5 nitrogen and oxygen atoms in total. The Morgan fingerprint density at radius 2 is 1.61 bits per heavy atom. The Balaban J connectivity index is 1.42. The number of phenolic OH excluding ortho intramolecular Hbond substituents is 2. The highest BCUT2D eigenvalue weighted by atomic mass is 35.5. The van der Waals surface area contributed by atoms with Crippen LogP contribution in [0.1, 0.15) is 36.1 Å². The predicted molar refractivity (Wildman–Crippen MR) is 141 cm³/mol. The zero-order valence-corrected chi connectivity index (χ0v) is 20.2. The summed E-state index contributed by atoms with van der Waals surface area (Å²) in [5.74, 6) is -0.0861. The molecule has 6 heteroatoms. The fourth-order valence-corrected chi connectivity index (χ4v) is 5.12. The second-order valence-electron chi connectivity index (χ2n) is 9.07. The molecule has 36 heavy (non-hydrogen) atoms. The van der Waals surface area contributed by atoms with Crippen LogP contribution in [0, 0.1) is 5.92 Å². The van der Waals surface area contributed by atoms with Crippen molar-refractivity contribution in [2.75, 3.05) is 4.90 Å². The number of anilines is 1. The van der Waals surface area contributed by atoms with E-state index in [1.807, 2.05) is 48.5 Å². The maximum absolute atomic E-state index is 13.3. The van der Waals surface area contributed by atoms with Crippen LogP contribution in [0.25, 0.3) is 11.1 Å². The molecule has 3 atom stereocenters. The van der Waals surface area contributed by atoms with Crippen molar-refractivity contribution >= 4 is 23.2 Å². The van der Waals surface area contributed by atoms with E-state index < -0.39 is 6.10 Å². The van der Waals surface area contributed by atoms with Gasteiger partial charge in [-0.25, -0.2) is 0 Å². The van der Waals surface area contributed by atoms with Gasteiger partial charge in [0, 0.05) is 16.3 Å². The Labute approximate surface area is 214 Å². The smallest absolute Gasteiger partial charge is 0.233 e. The minimum atomic E-state index is -0.729. The minimum Gasteiger partial charge on any atom is -0.508 e. The van der Waals surface area contributed by atoms with E-state index in [0.717, 1.165) is 22.4 Å². The molecule has 0 unspecified atom stereocenters. The molecule has 0 bridgehead atoms. The topological polar surface area (TPSA) is 81.0 Å². The fourth-order valence-electron chi connectivity index (χ4n) is 4.92. The number of aliphatic hydroxyl groups excluding tert-OH is 1. The quantitative estimate of drug-likeness (QED) is 0.249. The second-order valence-corrected chi connectivity index (χ2v) is 9.50. The molecule has 5 rings (SSSR count). The normalized spacial score (nSPS) is 18.1. The summed E-state index contributed by atoms with van der Waals surface area (Å²) in [4.78, 5) is 15.0. The maximum atomic E-state index is 13.3. The molecule has 0 radical (unpaired) electrons. The highest BCUT2D eigenvalue weighted by molar-refractivity contribution is 6.30. The molecule has 1 heterocycles. The molecular formula is C30H26ClNO4. The molecule has 0 spiro atoms. The first-order valence-electron chi connectivity index (χ1n) is 11.9. The van der Waals surface area contributed by atoms with E-state index in [2.05, 4.69) is 0 Å². The van der Waals surface area contributed by atoms with Crippen molar-refractivity contribution < 1.29 is 20.1 Å². The third kappa shape index (κ3) is 4.68. The van der Waals surface area contributed by atoms with E-state index in [4.69, 9.17) is 11.6 Å². The molecule has 182 valence electrons. The summed E-state index contributed by atoms with van der Waals surface area (Å²) in [5.41, 5.74) is 3.76. The molecule has 1 amide bonds.